The SMILES string of the molecule is CN(CCN(CC(=O)NO)S(=O)(=O)c1cc(F)c(Oc2ccc(Cl)cc2)c(F)c1)S(=O)(=O)Cc1ccncc1. The minimum absolute atomic E-state index is 0.0325. The Morgan fingerprint density at radius 1 is 1.03 bits per heavy atom. The van der Waals surface area contributed by atoms with Gasteiger partial charge in [0.1, 0.15) is 5.75 Å². The van der Waals surface area contributed by atoms with E-state index < -0.39 is 73.6 Å². The number of carbonyl (C=O) groups excluding carboxylic acids is 1. The van der Waals surface area contributed by atoms with Crippen LogP contribution in [-0.4, -0.2) is 68.2 Å². The van der Waals surface area contributed by atoms with Crippen molar-refractivity contribution in [3.8, 4) is 11.5 Å². The number of hydrogen-bond donors (Lipinski definition) is 2. The molecule has 2 N–H and O–H groups in total. The Labute approximate surface area is 228 Å². The van der Waals surface area contributed by atoms with Crippen LogP contribution in [0.4, 0.5) is 8.78 Å². The Bertz CT molecular complexity index is 1500. The number of likely N-dealkylation sites (N-methyl/N-ethyl adjacent to an activating group) is 1. The topological polar surface area (TPSA) is 146 Å². The maximum Gasteiger partial charge on any atom is 0.258 e. The minimum Gasteiger partial charge on any atom is -0.451 e. The number of rotatable bonds is 12. The number of amides is 1. The Kier molecular flexibility index (Phi) is 9.93. The van der Waals surface area contributed by atoms with Gasteiger partial charge in [-0.2, -0.15) is 4.31 Å². The summed E-state index contributed by atoms with van der Waals surface area (Å²) in [6.45, 7) is -1.98. The first-order valence-corrected chi connectivity index (χ1v) is 14.4. The fourth-order valence-electron chi connectivity index (χ4n) is 3.22. The number of ether oxygens (including phenoxy) is 1. The molecule has 0 unspecified atom stereocenters. The average molecular weight is 605 g/mol. The Morgan fingerprint density at radius 2 is 1.62 bits per heavy atom. The molecule has 16 heteroatoms. The zero-order chi connectivity index (χ0) is 28.8. The molecule has 0 bridgehead atoms. The van der Waals surface area contributed by atoms with Crippen molar-refractivity contribution in [1.82, 2.24) is 19.1 Å². The van der Waals surface area contributed by atoms with Crippen LogP contribution in [0.1, 0.15) is 5.56 Å². The number of halogens is 3. The van der Waals surface area contributed by atoms with Crippen LogP contribution in [0.5, 0.6) is 11.5 Å². The Balaban J connectivity index is 1.84. The lowest BCUT2D eigenvalue weighted by molar-refractivity contribution is -0.129. The van der Waals surface area contributed by atoms with Gasteiger partial charge < -0.3 is 4.74 Å². The van der Waals surface area contributed by atoms with Crippen molar-refractivity contribution in [2.45, 2.75) is 10.6 Å². The highest BCUT2D eigenvalue weighted by Crippen LogP contribution is 2.31. The van der Waals surface area contributed by atoms with Gasteiger partial charge in [-0.25, -0.2) is 35.4 Å². The summed E-state index contributed by atoms with van der Waals surface area (Å²) < 4.78 is 88.0. The van der Waals surface area contributed by atoms with E-state index in [1.807, 2.05) is 0 Å². The molecule has 0 radical (unpaired) electrons. The van der Waals surface area contributed by atoms with E-state index in [4.69, 9.17) is 21.5 Å². The molecule has 1 heterocycles. The van der Waals surface area contributed by atoms with E-state index in [1.165, 1.54) is 61.3 Å². The van der Waals surface area contributed by atoms with E-state index in [1.54, 1.807) is 0 Å². The quantitative estimate of drug-likeness (QED) is 0.237. The highest BCUT2D eigenvalue weighted by molar-refractivity contribution is 7.89. The number of pyridine rings is 1. The summed E-state index contributed by atoms with van der Waals surface area (Å²) >= 11 is 5.77. The van der Waals surface area contributed by atoms with E-state index in [0.717, 1.165) is 4.31 Å². The molecule has 3 aromatic rings. The van der Waals surface area contributed by atoms with Gasteiger partial charge in [0.15, 0.2) is 17.4 Å². The predicted molar refractivity (Wildman–Crippen MR) is 136 cm³/mol. The fraction of sp³-hybridized carbons (Fsp3) is 0.217. The summed E-state index contributed by atoms with van der Waals surface area (Å²) in [6.07, 6.45) is 2.83. The standard InChI is InChI=1S/C23H23ClF2N4O7S2/c1-29(38(33,34)15-16-6-8-27-9-7-16)10-11-30(14-22(31)28-32)39(35,36)19-12-20(25)23(21(26)13-19)37-18-4-2-17(24)3-5-18/h2-9,12-13,32H,10-11,14-15H2,1H3,(H,28,31). The minimum atomic E-state index is -4.77. The van der Waals surface area contributed by atoms with Gasteiger partial charge in [0.2, 0.25) is 20.0 Å². The number of nitrogens with zero attached hydrogens (tertiary/aromatic N) is 3. The van der Waals surface area contributed by atoms with Crippen LogP contribution < -0.4 is 10.2 Å². The second-order valence-corrected chi connectivity index (χ2v) is 12.5. The Hall–Kier alpha value is -3.21. The molecule has 0 spiro atoms. The molecule has 1 aromatic heterocycles. The third kappa shape index (κ3) is 7.90. The van der Waals surface area contributed by atoms with Gasteiger partial charge in [0.25, 0.3) is 5.91 Å². The van der Waals surface area contributed by atoms with Gasteiger partial charge in [0.05, 0.1) is 17.2 Å². The van der Waals surface area contributed by atoms with Crippen molar-refractivity contribution in [3.05, 3.63) is 83.1 Å². The molecule has 11 nitrogen and oxygen atoms in total. The van der Waals surface area contributed by atoms with E-state index in [2.05, 4.69) is 4.98 Å². The zero-order valence-electron chi connectivity index (χ0n) is 20.3. The number of aromatic nitrogens is 1. The van der Waals surface area contributed by atoms with Crippen LogP contribution in [0, 0.1) is 11.6 Å². The molecule has 0 saturated carbocycles. The van der Waals surface area contributed by atoms with Crippen LogP contribution in [0.15, 0.2) is 65.8 Å². The molecule has 210 valence electrons. The summed E-state index contributed by atoms with van der Waals surface area (Å²) in [4.78, 5) is 14.8. The first-order chi connectivity index (χ1) is 18.3. The largest absolute Gasteiger partial charge is 0.451 e. The Morgan fingerprint density at radius 3 is 2.18 bits per heavy atom. The van der Waals surface area contributed by atoms with Crippen LogP contribution >= 0.6 is 11.6 Å². The summed E-state index contributed by atoms with van der Waals surface area (Å²) in [5.41, 5.74) is 1.71. The van der Waals surface area contributed by atoms with Crippen LogP contribution in [0.2, 0.25) is 5.02 Å². The van der Waals surface area contributed by atoms with Crippen molar-refractivity contribution in [2.75, 3.05) is 26.7 Å². The van der Waals surface area contributed by atoms with Crippen molar-refractivity contribution in [1.29, 1.82) is 0 Å². The molecule has 0 atom stereocenters. The molecular weight excluding hydrogens is 582 g/mol. The van der Waals surface area contributed by atoms with E-state index >= 15 is 0 Å². The maximum absolute atomic E-state index is 14.8. The van der Waals surface area contributed by atoms with Crippen molar-refractivity contribution in [3.63, 3.8) is 0 Å². The van der Waals surface area contributed by atoms with Crippen LogP contribution in [0.25, 0.3) is 0 Å². The van der Waals surface area contributed by atoms with Gasteiger partial charge in [-0.05, 0) is 54.1 Å². The molecule has 0 aliphatic rings. The third-order valence-electron chi connectivity index (χ3n) is 5.33. The lowest BCUT2D eigenvalue weighted by atomic mass is 10.3. The number of hydroxylamine groups is 1. The number of hydrogen-bond acceptors (Lipinski definition) is 8. The van der Waals surface area contributed by atoms with Gasteiger partial charge in [-0.15, -0.1) is 0 Å². The van der Waals surface area contributed by atoms with Crippen molar-refractivity contribution < 1.29 is 40.4 Å². The van der Waals surface area contributed by atoms with Crippen molar-refractivity contribution in [2.24, 2.45) is 0 Å². The maximum atomic E-state index is 14.8. The molecule has 39 heavy (non-hydrogen) atoms. The predicted octanol–water partition coefficient (Wildman–Crippen LogP) is 2.76. The number of carbonyl (C=O) groups is 1. The highest BCUT2D eigenvalue weighted by Gasteiger charge is 2.30. The lowest BCUT2D eigenvalue weighted by Crippen LogP contribution is -2.44. The van der Waals surface area contributed by atoms with Gasteiger partial charge in [-0.1, -0.05) is 11.6 Å². The number of sulfonamides is 2. The highest BCUT2D eigenvalue weighted by atomic mass is 35.5. The molecule has 0 aliphatic heterocycles. The third-order valence-corrected chi connectivity index (χ3v) is 9.23. The summed E-state index contributed by atoms with van der Waals surface area (Å²) in [7, 11) is -7.48. The monoisotopic (exact) mass is 604 g/mol. The lowest BCUT2D eigenvalue weighted by Gasteiger charge is -2.24. The fourth-order valence-corrected chi connectivity index (χ4v) is 5.96. The second kappa shape index (κ2) is 12.8. The molecule has 1 amide bonds. The summed E-state index contributed by atoms with van der Waals surface area (Å²) in [5.74, 6) is -5.12. The first-order valence-electron chi connectivity index (χ1n) is 11.0. The summed E-state index contributed by atoms with van der Waals surface area (Å²) in [5, 5.41) is 9.25. The number of nitrogens with one attached hydrogen (secondary N) is 1. The van der Waals surface area contributed by atoms with Crippen molar-refractivity contribution >= 4 is 37.6 Å². The molecule has 2 aromatic carbocycles. The van der Waals surface area contributed by atoms with Crippen LogP contribution in [-0.2, 0) is 30.6 Å². The molecule has 3 rings (SSSR count). The average Bonchev–Trinajstić information content (AvgIpc) is 2.89. The van der Waals surface area contributed by atoms with E-state index in [-0.39, 0.29) is 5.75 Å². The smallest absolute Gasteiger partial charge is 0.258 e. The number of benzene rings is 2. The van der Waals surface area contributed by atoms with E-state index in [9.17, 15) is 30.4 Å². The molecular formula is C23H23ClF2N4O7S2. The van der Waals surface area contributed by atoms with Gasteiger partial charge >= 0.3 is 0 Å². The molecule has 0 saturated heterocycles. The molecule has 0 aliphatic carbocycles. The molecule has 0 fully saturated rings. The van der Waals surface area contributed by atoms with Gasteiger partial charge in [0, 0.05) is 37.6 Å². The second-order valence-electron chi connectivity index (χ2n) is 8.08. The van der Waals surface area contributed by atoms with Gasteiger partial charge in [-0.3, -0.25) is 15.0 Å². The first kappa shape index (κ1) is 30.3. The van der Waals surface area contributed by atoms with Crippen LogP contribution in [0.3, 0.4) is 0 Å². The summed E-state index contributed by atoms with van der Waals surface area (Å²) in [6, 6.07) is 9.53. The normalized spacial score (nSPS) is 12.1. The van der Waals surface area contributed by atoms with E-state index in [0.29, 0.717) is 27.0 Å². The zero-order valence-corrected chi connectivity index (χ0v) is 22.7.